The summed E-state index contributed by atoms with van der Waals surface area (Å²) in [6.45, 7) is 1.06. The number of carbonyl (C=O) groups excluding carboxylic acids is 1. The lowest BCUT2D eigenvalue weighted by Crippen LogP contribution is -2.22. The van der Waals surface area contributed by atoms with Crippen LogP contribution in [0, 0.1) is 3.57 Å². The van der Waals surface area contributed by atoms with Gasteiger partial charge in [0, 0.05) is 0 Å². The Morgan fingerprint density at radius 2 is 1.86 bits per heavy atom. The minimum absolute atomic E-state index is 0.265. The lowest BCUT2D eigenvalue weighted by molar-refractivity contribution is -0.276. The monoisotopic (exact) mass is 429 g/mol. The molecule has 0 aliphatic carbocycles. The third-order valence-corrected chi connectivity index (χ3v) is 2.70. The van der Waals surface area contributed by atoms with Crippen LogP contribution in [0.5, 0.6) is 5.88 Å². The van der Waals surface area contributed by atoms with Gasteiger partial charge >= 0.3 is 18.5 Å². The summed E-state index contributed by atoms with van der Waals surface area (Å²) in [5.74, 6) is -2.65. The molecule has 0 radical (unpaired) electrons. The van der Waals surface area contributed by atoms with Gasteiger partial charge in [-0.05, 0) is 35.6 Å². The van der Waals surface area contributed by atoms with Crippen LogP contribution in [-0.2, 0) is 10.9 Å². The molecule has 0 spiro atoms. The van der Waals surface area contributed by atoms with Crippen LogP contribution in [0.2, 0.25) is 0 Å². The minimum atomic E-state index is -5.15. The Morgan fingerprint density at radius 1 is 1.29 bits per heavy atom. The Kier molecular flexibility index (Phi) is 5.28. The van der Waals surface area contributed by atoms with Gasteiger partial charge in [0.15, 0.2) is 5.69 Å². The number of pyridine rings is 1. The third kappa shape index (κ3) is 4.89. The van der Waals surface area contributed by atoms with Gasteiger partial charge in [0.1, 0.15) is 0 Å². The van der Waals surface area contributed by atoms with Crippen molar-refractivity contribution < 1.29 is 40.6 Å². The van der Waals surface area contributed by atoms with Crippen LogP contribution < -0.4 is 4.74 Å². The highest BCUT2D eigenvalue weighted by Gasteiger charge is 2.40. The lowest BCUT2D eigenvalue weighted by Gasteiger charge is -2.15. The topological polar surface area (TPSA) is 48.4 Å². The summed E-state index contributed by atoms with van der Waals surface area (Å²) in [7, 11) is 0. The number of ether oxygens (including phenoxy) is 2. The van der Waals surface area contributed by atoms with Crippen LogP contribution in [0.3, 0.4) is 0 Å². The second-order valence-corrected chi connectivity index (χ2v) is 4.60. The maximum absolute atomic E-state index is 12.8. The van der Waals surface area contributed by atoms with E-state index in [4.69, 9.17) is 0 Å². The zero-order valence-corrected chi connectivity index (χ0v) is 12.3. The van der Waals surface area contributed by atoms with Gasteiger partial charge in [-0.15, -0.1) is 13.2 Å². The largest absolute Gasteiger partial charge is 0.574 e. The number of alkyl halides is 6. The van der Waals surface area contributed by atoms with E-state index in [1.165, 1.54) is 29.5 Å². The second kappa shape index (κ2) is 6.23. The Labute approximate surface area is 127 Å². The molecule has 0 aliphatic heterocycles. The Balaban J connectivity index is 3.41. The number of hydrogen-bond acceptors (Lipinski definition) is 4. The molecule has 11 heteroatoms. The van der Waals surface area contributed by atoms with Gasteiger partial charge in [-0.2, -0.15) is 13.2 Å². The first-order chi connectivity index (χ1) is 9.45. The molecule has 0 aliphatic rings. The van der Waals surface area contributed by atoms with Crippen LogP contribution in [0.4, 0.5) is 26.3 Å². The molecule has 0 amide bonds. The third-order valence-electron chi connectivity index (χ3n) is 1.93. The summed E-state index contributed by atoms with van der Waals surface area (Å²) in [4.78, 5) is 14.4. The van der Waals surface area contributed by atoms with Crippen LogP contribution in [0.1, 0.15) is 23.0 Å². The lowest BCUT2D eigenvalue weighted by atomic mass is 10.2. The highest BCUT2D eigenvalue weighted by Crippen LogP contribution is 2.36. The van der Waals surface area contributed by atoms with Gasteiger partial charge in [-0.1, -0.05) is 0 Å². The molecule has 0 bridgehead atoms. The highest BCUT2D eigenvalue weighted by molar-refractivity contribution is 14.1. The van der Waals surface area contributed by atoms with E-state index in [1.54, 1.807) is 0 Å². The van der Waals surface area contributed by atoms with E-state index in [2.05, 4.69) is 14.5 Å². The summed E-state index contributed by atoms with van der Waals surface area (Å²) in [6.07, 6.45) is -10.1. The minimum Gasteiger partial charge on any atom is -0.461 e. The molecule has 0 saturated carbocycles. The number of aromatic nitrogens is 1. The summed E-state index contributed by atoms with van der Waals surface area (Å²) in [6, 6.07) is 0.334. The summed E-state index contributed by atoms with van der Waals surface area (Å²) >= 11 is 1.19. The molecule has 1 aromatic rings. The molecule has 21 heavy (non-hydrogen) atoms. The quantitative estimate of drug-likeness (QED) is 0.417. The highest BCUT2D eigenvalue weighted by atomic mass is 127. The molecule has 1 aromatic heterocycles. The van der Waals surface area contributed by atoms with E-state index in [0.29, 0.717) is 6.07 Å². The zero-order valence-electron chi connectivity index (χ0n) is 10.1. The molecule has 1 rings (SSSR count). The van der Waals surface area contributed by atoms with E-state index < -0.39 is 39.2 Å². The van der Waals surface area contributed by atoms with Crippen molar-refractivity contribution in [2.45, 2.75) is 19.5 Å². The van der Waals surface area contributed by atoms with Gasteiger partial charge in [-0.3, -0.25) is 0 Å². The number of nitrogens with zero attached hydrogens (tertiary/aromatic N) is 1. The average Bonchev–Trinajstić information content (AvgIpc) is 2.28. The van der Waals surface area contributed by atoms with Crippen molar-refractivity contribution in [2.24, 2.45) is 0 Å². The zero-order chi connectivity index (χ0) is 16.4. The van der Waals surface area contributed by atoms with Crippen molar-refractivity contribution in [2.75, 3.05) is 6.61 Å². The van der Waals surface area contributed by atoms with Crippen LogP contribution >= 0.6 is 22.6 Å². The maximum atomic E-state index is 12.8. The van der Waals surface area contributed by atoms with Crippen LogP contribution in [-0.4, -0.2) is 23.9 Å². The maximum Gasteiger partial charge on any atom is 0.574 e. The number of carbonyl (C=O) groups is 1. The number of halogens is 7. The summed E-state index contributed by atoms with van der Waals surface area (Å²) in [5, 5.41) is 0. The smallest absolute Gasteiger partial charge is 0.461 e. The molecule has 0 N–H and O–H groups in total. The van der Waals surface area contributed by atoms with Crippen molar-refractivity contribution in [3.63, 3.8) is 0 Å². The van der Waals surface area contributed by atoms with Crippen molar-refractivity contribution in [1.29, 1.82) is 0 Å². The Bertz CT molecular complexity index is 543. The predicted molar refractivity (Wildman–Crippen MR) is 64.6 cm³/mol. The molecular formula is C10H6F6INO3. The molecule has 4 nitrogen and oxygen atoms in total. The van der Waals surface area contributed by atoms with Crippen molar-refractivity contribution >= 4 is 28.6 Å². The van der Waals surface area contributed by atoms with Gasteiger partial charge in [0.2, 0.25) is 5.88 Å². The summed E-state index contributed by atoms with van der Waals surface area (Å²) in [5.41, 5.74) is -2.79. The van der Waals surface area contributed by atoms with Gasteiger partial charge < -0.3 is 9.47 Å². The first-order valence-electron chi connectivity index (χ1n) is 5.16. The number of esters is 1. The van der Waals surface area contributed by atoms with Gasteiger partial charge in [0.25, 0.3) is 0 Å². The molecular weight excluding hydrogens is 423 g/mol. The molecule has 0 aromatic carbocycles. The first kappa shape index (κ1) is 17.8. The average molecular weight is 429 g/mol. The van der Waals surface area contributed by atoms with E-state index in [1.807, 2.05) is 0 Å². The first-order valence-corrected chi connectivity index (χ1v) is 6.24. The standard InChI is InChI=1S/C10H6F6INO3/c1-2-20-8(19)6-4(9(11,12)13)3-5(17)7(18-6)21-10(14,15)16/h3H,2H2,1H3. The molecule has 118 valence electrons. The molecule has 0 saturated heterocycles. The fourth-order valence-electron chi connectivity index (χ4n) is 1.22. The summed E-state index contributed by atoms with van der Waals surface area (Å²) < 4.78 is 82.0. The van der Waals surface area contributed by atoms with Crippen molar-refractivity contribution in [3.8, 4) is 5.88 Å². The molecule has 0 atom stereocenters. The fraction of sp³-hybridized carbons (Fsp3) is 0.400. The Morgan fingerprint density at radius 3 is 2.29 bits per heavy atom. The van der Waals surface area contributed by atoms with Crippen LogP contribution in [0.25, 0.3) is 0 Å². The van der Waals surface area contributed by atoms with Gasteiger partial charge in [-0.25, -0.2) is 9.78 Å². The van der Waals surface area contributed by atoms with Gasteiger partial charge in [0.05, 0.1) is 15.7 Å². The molecule has 0 fully saturated rings. The van der Waals surface area contributed by atoms with Crippen molar-refractivity contribution in [1.82, 2.24) is 4.98 Å². The van der Waals surface area contributed by atoms with Crippen molar-refractivity contribution in [3.05, 3.63) is 20.9 Å². The molecule has 1 heterocycles. The van der Waals surface area contributed by atoms with E-state index in [9.17, 15) is 31.1 Å². The number of hydrogen-bond donors (Lipinski definition) is 0. The predicted octanol–water partition coefficient (Wildman–Crippen LogP) is 3.78. The van der Waals surface area contributed by atoms with E-state index in [0.717, 1.165) is 0 Å². The van der Waals surface area contributed by atoms with E-state index >= 15 is 0 Å². The second-order valence-electron chi connectivity index (χ2n) is 3.44. The SMILES string of the molecule is CCOC(=O)c1nc(OC(F)(F)F)c(I)cc1C(F)(F)F. The van der Waals surface area contributed by atoms with E-state index in [-0.39, 0.29) is 6.61 Å². The fourth-order valence-corrected chi connectivity index (χ4v) is 1.77. The Hall–Kier alpha value is -1.27. The van der Waals surface area contributed by atoms with Crippen LogP contribution in [0.15, 0.2) is 6.07 Å². The molecule has 0 unspecified atom stereocenters. The normalized spacial score (nSPS) is 12.2. The number of rotatable bonds is 3.